The molecule has 0 amide bonds. The van der Waals surface area contributed by atoms with Crippen LogP contribution in [0, 0.1) is 0 Å². The van der Waals surface area contributed by atoms with Crippen LogP contribution in [-0.4, -0.2) is 42.4 Å². The molecule has 0 radical (unpaired) electrons. The minimum atomic E-state index is 0.224. The van der Waals surface area contributed by atoms with E-state index in [-0.39, 0.29) is 18.8 Å². The van der Waals surface area contributed by atoms with Crippen molar-refractivity contribution in [3.63, 3.8) is 0 Å². The van der Waals surface area contributed by atoms with Gasteiger partial charge >= 0.3 is 0 Å². The third-order valence-corrected chi connectivity index (χ3v) is 3.19. The first-order valence-electron chi connectivity index (χ1n) is 5.76. The van der Waals surface area contributed by atoms with Gasteiger partial charge in [-0.15, -0.1) is 0 Å². The quantitative estimate of drug-likeness (QED) is 0.831. The Balaban J connectivity index is 1.80. The molecule has 0 bridgehead atoms. The van der Waals surface area contributed by atoms with Gasteiger partial charge in [0.1, 0.15) is 0 Å². The summed E-state index contributed by atoms with van der Waals surface area (Å²) in [5, 5.41) is 9.14. The summed E-state index contributed by atoms with van der Waals surface area (Å²) in [6.07, 6.45) is 1.18. The molecule has 0 unspecified atom stereocenters. The zero-order chi connectivity index (χ0) is 11.4. The number of nitrogens with zero attached hydrogens (tertiary/aromatic N) is 1. The number of hydrogen-bond acceptors (Lipinski definition) is 3. The Labute approximate surface area is 96.6 Å². The molecule has 3 nitrogen and oxygen atoms in total. The normalized spacial score (nSPS) is 26.1. The third-order valence-electron chi connectivity index (χ3n) is 3.19. The van der Waals surface area contributed by atoms with Crippen LogP contribution in [0.2, 0.25) is 0 Å². The van der Waals surface area contributed by atoms with Crippen LogP contribution in [0.15, 0.2) is 30.3 Å². The van der Waals surface area contributed by atoms with Crippen LogP contribution < -0.4 is 0 Å². The van der Waals surface area contributed by atoms with Gasteiger partial charge in [0.2, 0.25) is 0 Å². The molecule has 1 N–H and O–H groups in total. The van der Waals surface area contributed by atoms with E-state index < -0.39 is 0 Å². The maximum Gasteiger partial charge on any atom is 0.0722 e. The van der Waals surface area contributed by atoms with Crippen molar-refractivity contribution in [3.8, 4) is 0 Å². The average Bonchev–Trinajstić information content (AvgIpc) is 2.69. The Morgan fingerprint density at radius 3 is 2.75 bits per heavy atom. The van der Waals surface area contributed by atoms with Crippen LogP contribution in [0.4, 0.5) is 0 Å². The molecule has 1 fully saturated rings. The van der Waals surface area contributed by atoms with E-state index in [1.165, 1.54) is 5.56 Å². The van der Waals surface area contributed by atoms with E-state index in [1.54, 1.807) is 0 Å². The lowest BCUT2D eigenvalue weighted by atomic mass is 10.2. The highest BCUT2D eigenvalue weighted by atomic mass is 16.5. The lowest BCUT2D eigenvalue weighted by Crippen LogP contribution is -2.28. The first-order chi connectivity index (χ1) is 7.79. The van der Waals surface area contributed by atoms with Gasteiger partial charge in [-0.2, -0.15) is 0 Å². The Morgan fingerprint density at radius 2 is 2.12 bits per heavy atom. The van der Waals surface area contributed by atoms with Crippen LogP contribution in [0.25, 0.3) is 0 Å². The maximum absolute atomic E-state index is 9.14. The molecule has 3 heteroatoms. The van der Waals surface area contributed by atoms with E-state index >= 15 is 0 Å². The van der Waals surface area contributed by atoms with Crippen LogP contribution in [0.1, 0.15) is 12.0 Å². The molecule has 16 heavy (non-hydrogen) atoms. The number of hydrogen-bond donors (Lipinski definition) is 1. The molecule has 1 aromatic carbocycles. The van der Waals surface area contributed by atoms with Gasteiger partial charge < -0.3 is 9.84 Å². The monoisotopic (exact) mass is 221 g/mol. The molecule has 2 atom stereocenters. The first kappa shape index (κ1) is 11.6. The SMILES string of the molecule is CN1C[C@@H](OCc2ccccc2)C[C@H]1CO. The van der Waals surface area contributed by atoms with Gasteiger partial charge in [-0.25, -0.2) is 0 Å². The molecular formula is C13H19NO2. The van der Waals surface area contributed by atoms with Crippen molar-refractivity contribution in [2.75, 3.05) is 20.2 Å². The molecule has 2 rings (SSSR count). The molecule has 0 spiro atoms. The summed E-state index contributed by atoms with van der Waals surface area (Å²) in [4.78, 5) is 2.16. The highest BCUT2D eigenvalue weighted by Crippen LogP contribution is 2.19. The molecule has 1 aliphatic rings. The lowest BCUT2D eigenvalue weighted by Gasteiger charge is -2.14. The molecular weight excluding hydrogens is 202 g/mol. The summed E-state index contributed by atoms with van der Waals surface area (Å²) in [7, 11) is 2.03. The van der Waals surface area contributed by atoms with Crippen LogP contribution in [-0.2, 0) is 11.3 Å². The van der Waals surface area contributed by atoms with Crippen molar-refractivity contribution < 1.29 is 9.84 Å². The Bertz CT molecular complexity index is 315. The number of likely N-dealkylation sites (tertiary alicyclic amines) is 1. The lowest BCUT2D eigenvalue weighted by molar-refractivity contribution is 0.0478. The zero-order valence-corrected chi connectivity index (χ0v) is 9.67. The number of ether oxygens (including phenoxy) is 1. The van der Waals surface area contributed by atoms with Gasteiger partial charge in [-0.05, 0) is 19.0 Å². The topological polar surface area (TPSA) is 32.7 Å². The Morgan fingerprint density at radius 1 is 1.38 bits per heavy atom. The molecule has 1 aliphatic heterocycles. The van der Waals surface area contributed by atoms with Gasteiger partial charge in [0, 0.05) is 12.6 Å². The average molecular weight is 221 g/mol. The van der Waals surface area contributed by atoms with E-state index in [0.717, 1.165) is 13.0 Å². The van der Waals surface area contributed by atoms with E-state index in [9.17, 15) is 0 Å². The highest BCUT2D eigenvalue weighted by molar-refractivity contribution is 5.13. The summed E-state index contributed by atoms with van der Waals surface area (Å²) >= 11 is 0. The predicted octanol–water partition coefficient (Wildman–Crippen LogP) is 1.27. The minimum Gasteiger partial charge on any atom is -0.395 e. The molecule has 0 aliphatic carbocycles. The van der Waals surface area contributed by atoms with E-state index in [2.05, 4.69) is 17.0 Å². The summed E-state index contributed by atoms with van der Waals surface area (Å²) in [6.45, 7) is 1.80. The fourth-order valence-electron chi connectivity index (χ4n) is 2.15. The van der Waals surface area contributed by atoms with Crippen LogP contribution >= 0.6 is 0 Å². The van der Waals surface area contributed by atoms with Crippen molar-refractivity contribution in [2.24, 2.45) is 0 Å². The zero-order valence-electron chi connectivity index (χ0n) is 9.67. The number of aliphatic hydroxyl groups is 1. The van der Waals surface area contributed by atoms with Gasteiger partial charge in [-0.3, -0.25) is 4.90 Å². The summed E-state index contributed by atoms with van der Waals surface area (Å²) in [5.41, 5.74) is 1.21. The molecule has 88 valence electrons. The van der Waals surface area contributed by atoms with Crippen molar-refractivity contribution in [1.29, 1.82) is 0 Å². The van der Waals surface area contributed by atoms with E-state index in [1.807, 2.05) is 25.2 Å². The minimum absolute atomic E-state index is 0.224. The maximum atomic E-state index is 9.14. The largest absolute Gasteiger partial charge is 0.395 e. The van der Waals surface area contributed by atoms with E-state index in [4.69, 9.17) is 9.84 Å². The molecule has 1 saturated heterocycles. The van der Waals surface area contributed by atoms with Crippen molar-refractivity contribution in [2.45, 2.75) is 25.2 Å². The van der Waals surface area contributed by atoms with Crippen molar-refractivity contribution >= 4 is 0 Å². The Kier molecular flexibility index (Phi) is 3.93. The van der Waals surface area contributed by atoms with Crippen LogP contribution in [0.5, 0.6) is 0 Å². The first-order valence-corrected chi connectivity index (χ1v) is 5.76. The van der Waals surface area contributed by atoms with Crippen molar-refractivity contribution in [3.05, 3.63) is 35.9 Å². The van der Waals surface area contributed by atoms with Crippen molar-refractivity contribution in [1.82, 2.24) is 4.90 Å². The summed E-state index contributed by atoms with van der Waals surface area (Å²) in [6, 6.07) is 10.5. The fraction of sp³-hybridized carbons (Fsp3) is 0.538. The second kappa shape index (κ2) is 5.43. The van der Waals surface area contributed by atoms with Gasteiger partial charge in [0.05, 0.1) is 19.3 Å². The number of likely N-dealkylation sites (N-methyl/N-ethyl adjacent to an activating group) is 1. The molecule has 0 saturated carbocycles. The van der Waals surface area contributed by atoms with Gasteiger partial charge in [0.25, 0.3) is 0 Å². The second-order valence-electron chi connectivity index (χ2n) is 4.43. The fourth-order valence-corrected chi connectivity index (χ4v) is 2.15. The number of benzene rings is 1. The van der Waals surface area contributed by atoms with E-state index in [0.29, 0.717) is 6.61 Å². The third kappa shape index (κ3) is 2.82. The summed E-state index contributed by atoms with van der Waals surface area (Å²) < 4.78 is 5.84. The molecule has 0 aromatic heterocycles. The Hall–Kier alpha value is -0.900. The van der Waals surface area contributed by atoms with Gasteiger partial charge in [0.15, 0.2) is 0 Å². The number of aliphatic hydroxyl groups excluding tert-OH is 1. The second-order valence-corrected chi connectivity index (χ2v) is 4.43. The molecule has 1 heterocycles. The van der Waals surface area contributed by atoms with Gasteiger partial charge in [-0.1, -0.05) is 30.3 Å². The number of rotatable bonds is 4. The predicted molar refractivity (Wildman–Crippen MR) is 63.1 cm³/mol. The summed E-state index contributed by atoms with van der Waals surface area (Å²) in [5.74, 6) is 0. The van der Waals surface area contributed by atoms with Crippen LogP contribution in [0.3, 0.4) is 0 Å². The standard InChI is InChI=1S/C13H19NO2/c1-14-8-13(7-12(14)9-15)16-10-11-5-3-2-4-6-11/h2-6,12-13,15H,7-10H2,1H3/t12-,13-/m0/s1. The molecule has 1 aromatic rings. The highest BCUT2D eigenvalue weighted by Gasteiger charge is 2.29. The smallest absolute Gasteiger partial charge is 0.0722 e.